The fourth-order valence-corrected chi connectivity index (χ4v) is 1.83. The van der Waals surface area contributed by atoms with Crippen molar-refractivity contribution in [3.63, 3.8) is 0 Å². The summed E-state index contributed by atoms with van der Waals surface area (Å²) in [5.74, 6) is -0.0564. The van der Waals surface area contributed by atoms with Crippen LogP contribution >= 0.6 is 11.8 Å². The first kappa shape index (κ1) is 15.4. The van der Waals surface area contributed by atoms with Crippen molar-refractivity contribution in [3.8, 4) is 5.75 Å². The molecule has 1 atom stereocenters. The number of hydrogen-bond acceptors (Lipinski definition) is 6. The van der Waals surface area contributed by atoms with Crippen LogP contribution in [0.4, 0.5) is 5.69 Å². The van der Waals surface area contributed by atoms with Crippen molar-refractivity contribution in [2.75, 3.05) is 12.4 Å². The molecule has 0 radical (unpaired) electrons. The number of Topliss-reactive ketones (excluding diaryl/α,β-unsaturated/α-hetero) is 1. The molecule has 1 unspecified atom stereocenters. The summed E-state index contributed by atoms with van der Waals surface area (Å²) in [5.41, 5.74) is 5.34. The van der Waals surface area contributed by atoms with E-state index in [0.29, 0.717) is 6.61 Å². The highest BCUT2D eigenvalue weighted by Crippen LogP contribution is 2.23. The number of nitrogens with one attached hydrogen (secondary N) is 2. The van der Waals surface area contributed by atoms with E-state index < -0.39 is 5.23 Å². The Morgan fingerprint density at radius 2 is 2.32 bits per heavy atom. The smallest absolute Gasteiger partial charge is 0.206 e. The average molecular weight is 285 g/mol. The van der Waals surface area contributed by atoms with Gasteiger partial charge in [0.15, 0.2) is 16.7 Å². The minimum Gasteiger partial charge on any atom is -0.595 e. The van der Waals surface area contributed by atoms with Crippen LogP contribution in [0.3, 0.4) is 0 Å². The second-order valence-electron chi connectivity index (χ2n) is 3.53. The molecule has 0 fully saturated rings. The molecule has 0 bridgehead atoms. The maximum absolute atomic E-state index is 11.8. The van der Waals surface area contributed by atoms with Crippen molar-refractivity contribution >= 4 is 28.4 Å². The molecule has 0 amide bonds. The van der Waals surface area contributed by atoms with E-state index in [1.165, 1.54) is 18.2 Å². The Morgan fingerprint density at radius 3 is 2.84 bits per heavy atom. The molecular weight excluding hydrogens is 270 g/mol. The van der Waals surface area contributed by atoms with Crippen molar-refractivity contribution in [1.82, 2.24) is 0 Å². The molecule has 0 heterocycles. The van der Waals surface area contributed by atoms with Gasteiger partial charge in [0.25, 0.3) is 0 Å². The highest BCUT2D eigenvalue weighted by atomic mass is 32.2. The molecule has 19 heavy (non-hydrogen) atoms. The van der Waals surface area contributed by atoms with Crippen LogP contribution in [0.15, 0.2) is 18.2 Å². The van der Waals surface area contributed by atoms with Gasteiger partial charge < -0.3 is 15.7 Å². The zero-order valence-corrected chi connectivity index (χ0v) is 11.1. The Balaban J connectivity index is 2.94. The van der Waals surface area contributed by atoms with E-state index in [4.69, 9.17) is 21.1 Å². The Bertz CT molecular complexity index is 479. The van der Waals surface area contributed by atoms with Crippen molar-refractivity contribution in [1.29, 1.82) is 5.41 Å². The molecule has 0 saturated carbocycles. The fraction of sp³-hybridized carbons (Fsp3) is 0.273. The molecule has 8 heteroatoms. The van der Waals surface area contributed by atoms with Crippen LogP contribution in [0.2, 0.25) is 0 Å². The Kier molecular flexibility index (Phi) is 5.77. The van der Waals surface area contributed by atoms with Crippen LogP contribution in [-0.2, 0) is 0 Å². The highest BCUT2D eigenvalue weighted by molar-refractivity contribution is 8.14. The quantitative estimate of drug-likeness (QED) is 0.258. The second kappa shape index (κ2) is 7.10. The van der Waals surface area contributed by atoms with E-state index in [1.807, 2.05) is 0 Å². The predicted octanol–water partition coefficient (Wildman–Crippen LogP) is 0.298. The maximum atomic E-state index is 11.8. The Morgan fingerprint density at radius 1 is 1.63 bits per heavy atom. The van der Waals surface area contributed by atoms with E-state index in [-0.39, 0.29) is 33.7 Å². The number of hydrogen-bond donors (Lipinski definition) is 4. The van der Waals surface area contributed by atoms with Crippen molar-refractivity contribution in [2.45, 2.75) is 6.92 Å². The minimum atomic E-state index is -1.16. The van der Waals surface area contributed by atoms with Gasteiger partial charge in [0.05, 0.1) is 12.4 Å². The standard InChI is InChI=1S/C11H15N3O4S/c1-2-18-10-4-3-7(5-8(10)14(16)17)9(15)6-19-11(12)13/h3-5,14,16H,2,6H2,1H3,(H3,12,13). The fourth-order valence-electron chi connectivity index (χ4n) is 1.38. The molecule has 1 aromatic carbocycles. The van der Waals surface area contributed by atoms with Crippen LogP contribution in [-0.4, -0.2) is 28.5 Å². The first-order valence-electron chi connectivity index (χ1n) is 5.45. The number of ketones is 1. The zero-order chi connectivity index (χ0) is 14.4. The van der Waals surface area contributed by atoms with Gasteiger partial charge >= 0.3 is 0 Å². The Hall–Kier alpha value is -1.61. The van der Waals surface area contributed by atoms with Crippen LogP contribution in [0, 0.1) is 10.6 Å². The van der Waals surface area contributed by atoms with Crippen molar-refractivity contribution in [3.05, 3.63) is 29.0 Å². The average Bonchev–Trinajstić information content (AvgIpc) is 2.36. The normalized spacial score (nSPS) is 11.9. The summed E-state index contributed by atoms with van der Waals surface area (Å²) in [6.45, 7) is 2.09. The summed E-state index contributed by atoms with van der Waals surface area (Å²) >= 11 is 0.896. The third-order valence-corrected chi connectivity index (χ3v) is 2.91. The van der Waals surface area contributed by atoms with Gasteiger partial charge in [-0.3, -0.25) is 10.2 Å². The highest BCUT2D eigenvalue weighted by Gasteiger charge is 2.15. The van der Waals surface area contributed by atoms with Crippen molar-refractivity contribution in [2.24, 2.45) is 5.73 Å². The monoisotopic (exact) mass is 285 g/mol. The lowest BCUT2D eigenvalue weighted by molar-refractivity contribution is -0.991. The number of ether oxygens (including phenoxy) is 1. The van der Waals surface area contributed by atoms with Gasteiger partial charge in [-0.2, -0.15) is 5.23 Å². The predicted molar refractivity (Wildman–Crippen MR) is 72.1 cm³/mol. The van der Waals surface area contributed by atoms with Crippen LogP contribution in [0.1, 0.15) is 17.3 Å². The zero-order valence-electron chi connectivity index (χ0n) is 10.3. The molecule has 1 aromatic rings. The van der Waals surface area contributed by atoms with Gasteiger partial charge in [-0.1, -0.05) is 11.8 Å². The Labute approximate surface area is 114 Å². The van der Waals surface area contributed by atoms with E-state index in [0.717, 1.165) is 11.8 Å². The molecule has 0 aromatic heterocycles. The molecule has 0 aliphatic rings. The summed E-state index contributed by atoms with van der Waals surface area (Å²) in [5, 5.41) is 25.9. The number of nitrogens with two attached hydrogens (primary N) is 1. The largest absolute Gasteiger partial charge is 0.595 e. The van der Waals surface area contributed by atoms with Crippen LogP contribution < -0.4 is 15.7 Å². The molecule has 1 rings (SSSR count). The SMILES string of the molecule is CCOc1ccc(C(=O)CSC(=N)N)cc1[NH+]([O-])O. The summed E-state index contributed by atoms with van der Waals surface area (Å²) in [4.78, 5) is 11.8. The second-order valence-corrected chi connectivity index (χ2v) is 4.54. The van der Waals surface area contributed by atoms with Gasteiger partial charge in [0, 0.05) is 11.6 Å². The van der Waals surface area contributed by atoms with Gasteiger partial charge in [-0.25, -0.2) is 5.21 Å². The molecule has 104 valence electrons. The number of rotatable bonds is 6. The third-order valence-electron chi connectivity index (χ3n) is 2.19. The lowest BCUT2D eigenvalue weighted by atomic mass is 10.1. The third kappa shape index (κ3) is 4.52. The number of amidine groups is 1. The topological polar surface area (TPSA) is 124 Å². The molecule has 5 N–H and O–H groups in total. The molecule has 0 aliphatic carbocycles. The minimum absolute atomic E-state index is 0.00236. The van der Waals surface area contributed by atoms with Crippen molar-refractivity contribution < 1.29 is 20.0 Å². The number of benzene rings is 1. The van der Waals surface area contributed by atoms with E-state index in [2.05, 4.69) is 0 Å². The first-order chi connectivity index (χ1) is 8.95. The van der Waals surface area contributed by atoms with Crippen LogP contribution in [0.5, 0.6) is 5.75 Å². The molecule has 0 aliphatic heterocycles. The lowest BCUT2D eigenvalue weighted by Crippen LogP contribution is -2.99. The summed E-state index contributed by atoms with van der Waals surface area (Å²) < 4.78 is 5.18. The molecule has 0 spiro atoms. The maximum Gasteiger partial charge on any atom is 0.206 e. The van der Waals surface area contributed by atoms with Gasteiger partial charge in [-0.15, -0.1) is 0 Å². The summed E-state index contributed by atoms with van der Waals surface area (Å²) in [7, 11) is 0. The van der Waals surface area contributed by atoms with Gasteiger partial charge in [0.2, 0.25) is 5.69 Å². The number of carbonyl (C=O) groups excluding carboxylic acids is 1. The first-order valence-corrected chi connectivity index (χ1v) is 6.44. The van der Waals surface area contributed by atoms with Gasteiger partial charge in [0.1, 0.15) is 0 Å². The summed E-state index contributed by atoms with van der Waals surface area (Å²) in [6, 6.07) is 4.23. The lowest BCUT2D eigenvalue weighted by Gasteiger charge is -2.16. The van der Waals surface area contributed by atoms with Gasteiger partial charge in [-0.05, 0) is 19.1 Å². The number of carbonyl (C=O) groups is 1. The summed E-state index contributed by atoms with van der Waals surface area (Å²) in [6.07, 6.45) is 0. The van der Waals surface area contributed by atoms with E-state index >= 15 is 0 Å². The molecular formula is C11H15N3O4S. The number of thioether (sulfide) groups is 1. The molecule has 0 saturated heterocycles. The van der Waals surface area contributed by atoms with E-state index in [1.54, 1.807) is 6.92 Å². The molecule has 7 nitrogen and oxygen atoms in total. The van der Waals surface area contributed by atoms with E-state index in [9.17, 15) is 10.0 Å². The van der Waals surface area contributed by atoms with Crippen LogP contribution in [0.25, 0.3) is 0 Å². The number of quaternary nitrogens is 1.